The predicted molar refractivity (Wildman–Crippen MR) is 103 cm³/mol. The summed E-state index contributed by atoms with van der Waals surface area (Å²) in [6.07, 6.45) is 3.12. The van der Waals surface area contributed by atoms with Crippen LogP contribution in [-0.2, 0) is 14.8 Å². The first kappa shape index (κ1) is 19.4. The molecule has 7 nitrogen and oxygen atoms in total. The molecule has 9 heteroatoms. The van der Waals surface area contributed by atoms with Gasteiger partial charge in [-0.1, -0.05) is 18.2 Å². The van der Waals surface area contributed by atoms with Gasteiger partial charge in [0.1, 0.15) is 10.7 Å². The topological polar surface area (TPSA) is 76.2 Å². The van der Waals surface area contributed by atoms with Crippen molar-refractivity contribution in [2.75, 3.05) is 33.0 Å². The van der Waals surface area contributed by atoms with Crippen LogP contribution in [0.3, 0.4) is 0 Å². The summed E-state index contributed by atoms with van der Waals surface area (Å²) in [5, 5.41) is 0. The Labute approximate surface area is 168 Å². The molecule has 1 amide bonds. The Balaban J connectivity index is 1.38. The molecule has 2 aliphatic rings. The molecule has 0 saturated carbocycles. The van der Waals surface area contributed by atoms with E-state index >= 15 is 0 Å². The molecule has 1 saturated heterocycles. The predicted octanol–water partition coefficient (Wildman–Crippen LogP) is 2.10. The fourth-order valence-electron chi connectivity index (χ4n) is 3.23. The minimum absolute atomic E-state index is 0.111. The number of hydrogen-bond acceptors (Lipinski definition) is 5. The van der Waals surface area contributed by atoms with E-state index in [0.29, 0.717) is 11.5 Å². The Morgan fingerprint density at radius 2 is 1.72 bits per heavy atom. The molecule has 1 fully saturated rings. The highest BCUT2D eigenvalue weighted by Gasteiger charge is 2.31. The summed E-state index contributed by atoms with van der Waals surface area (Å²) >= 11 is 0. The van der Waals surface area contributed by atoms with Crippen LogP contribution in [0.2, 0.25) is 0 Å². The van der Waals surface area contributed by atoms with Crippen molar-refractivity contribution in [3.63, 3.8) is 0 Å². The molecule has 0 aliphatic carbocycles. The van der Waals surface area contributed by atoms with Crippen LogP contribution in [-0.4, -0.2) is 56.5 Å². The maximum absolute atomic E-state index is 13.9. The second-order valence-corrected chi connectivity index (χ2v) is 8.51. The van der Waals surface area contributed by atoms with Crippen molar-refractivity contribution in [1.82, 2.24) is 9.21 Å². The van der Waals surface area contributed by atoms with Gasteiger partial charge in [0.15, 0.2) is 11.5 Å². The number of fused-ring (bicyclic) bond motifs is 1. The SMILES string of the molecule is O=C(/C=C/c1ccc2c(c1)OCO2)N1CCN(S(=O)(=O)c2ccccc2F)CC1. The third-order valence-electron chi connectivity index (χ3n) is 4.82. The van der Waals surface area contributed by atoms with Gasteiger partial charge in [0.25, 0.3) is 0 Å². The van der Waals surface area contributed by atoms with Gasteiger partial charge in [0, 0.05) is 32.3 Å². The lowest BCUT2D eigenvalue weighted by Crippen LogP contribution is -2.50. The molecule has 2 aromatic rings. The molecule has 0 N–H and O–H groups in total. The van der Waals surface area contributed by atoms with Crippen molar-refractivity contribution in [2.24, 2.45) is 0 Å². The zero-order valence-electron chi connectivity index (χ0n) is 15.5. The minimum atomic E-state index is -3.93. The first-order valence-electron chi connectivity index (χ1n) is 9.06. The molecule has 0 radical (unpaired) electrons. The number of rotatable bonds is 4. The minimum Gasteiger partial charge on any atom is -0.454 e. The Morgan fingerprint density at radius 1 is 1.00 bits per heavy atom. The normalized spacial score (nSPS) is 17.1. The van der Waals surface area contributed by atoms with Crippen molar-refractivity contribution in [3.8, 4) is 11.5 Å². The Hall–Kier alpha value is -2.91. The maximum Gasteiger partial charge on any atom is 0.246 e. The van der Waals surface area contributed by atoms with Crippen LogP contribution in [0, 0.1) is 5.82 Å². The monoisotopic (exact) mass is 418 g/mol. The molecule has 2 heterocycles. The second-order valence-electron chi connectivity index (χ2n) is 6.61. The molecule has 0 bridgehead atoms. The number of ether oxygens (including phenoxy) is 2. The largest absolute Gasteiger partial charge is 0.454 e. The van der Waals surface area contributed by atoms with Crippen LogP contribution in [0.25, 0.3) is 6.08 Å². The highest BCUT2D eigenvalue weighted by atomic mass is 32.2. The molecule has 0 spiro atoms. The van der Waals surface area contributed by atoms with Gasteiger partial charge < -0.3 is 14.4 Å². The quantitative estimate of drug-likeness (QED) is 0.711. The number of carbonyl (C=O) groups excluding carboxylic acids is 1. The van der Waals surface area contributed by atoms with Crippen LogP contribution < -0.4 is 9.47 Å². The third kappa shape index (κ3) is 3.96. The van der Waals surface area contributed by atoms with Gasteiger partial charge in [0.2, 0.25) is 22.7 Å². The van der Waals surface area contributed by atoms with Crippen molar-refractivity contribution >= 4 is 22.0 Å². The van der Waals surface area contributed by atoms with E-state index in [2.05, 4.69) is 0 Å². The Kier molecular flexibility index (Phi) is 5.25. The van der Waals surface area contributed by atoms with Crippen LogP contribution >= 0.6 is 0 Å². The van der Waals surface area contributed by atoms with Crippen molar-refractivity contribution in [1.29, 1.82) is 0 Å². The summed E-state index contributed by atoms with van der Waals surface area (Å²) in [6, 6.07) is 10.7. The fourth-order valence-corrected chi connectivity index (χ4v) is 4.72. The maximum atomic E-state index is 13.9. The van der Waals surface area contributed by atoms with Crippen molar-refractivity contribution in [2.45, 2.75) is 4.90 Å². The average molecular weight is 418 g/mol. The number of amides is 1. The number of benzene rings is 2. The molecule has 29 heavy (non-hydrogen) atoms. The van der Waals surface area contributed by atoms with E-state index < -0.39 is 15.8 Å². The molecular formula is C20H19FN2O5S. The molecule has 2 aromatic carbocycles. The molecule has 4 rings (SSSR count). The standard InChI is InChI=1S/C20H19FN2O5S/c21-16-3-1-2-4-19(16)29(25,26)23-11-9-22(10-12-23)20(24)8-6-15-5-7-17-18(13-15)28-14-27-17/h1-8,13H,9-12,14H2/b8-6+. The smallest absolute Gasteiger partial charge is 0.246 e. The van der Waals surface area contributed by atoms with E-state index in [4.69, 9.17) is 9.47 Å². The van der Waals surface area contributed by atoms with E-state index in [1.807, 2.05) is 6.07 Å². The van der Waals surface area contributed by atoms with Crippen LogP contribution in [0.5, 0.6) is 11.5 Å². The first-order valence-corrected chi connectivity index (χ1v) is 10.5. The van der Waals surface area contributed by atoms with Gasteiger partial charge in [-0.3, -0.25) is 4.79 Å². The van der Waals surface area contributed by atoms with Crippen LogP contribution in [0.15, 0.2) is 53.4 Å². The van der Waals surface area contributed by atoms with Crippen molar-refractivity contribution in [3.05, 3.63) is 59.9 Å². The van der Waals surface area contributed by atoms with Gasteiger partial charge in [-0.2, -0.15) is 4.31 Å². The molecule has 2 aliphatic heterocycles. The van der Waals surface area contributed by atoms with Gasteiger partial charge in [0.05, 0.1) is 0 Å². The summed E-state index contributed by atoms with van der Waals surface area (Å²) < 4.78 is 50.9. The number of hydrogen-bond donors (Lipinski definition) is 0. The number of carbonyl (C=O) groups is 1. The summed E-state index contributed by atoms with van der Waals surface area (Å²) in [6.45, 7) is 0.873. The number of nitrogens with zero attached hydrogens (tertiary/aromatic N) is 2. The second kappa shape index (κ2) is 7.84. The molecular weight excluding hydrogens is 399 g/mol. The number of sulfonamides is 1. The van der Waals surface area contributed by atoms with Crippen LogP contribution in [0.1, 0.15) is 5.56 Å². The highest BCUT2D eigenvalue weighted by molar-refractivity contribution is 7.89. The van der Waals surface area contributed by atoms with E-state index in [1.54, 1.807) is 23.1 Å². The zero-order valence-corrected chi connectivity index (χ0v) is 16.3. The molecule has 0 aromatic heterocycles. The summed E-state index contributed by atoms with van der Waals surface area (Å²) in [7, 11) is -3.93. The lowest BCUT2D eigenvalue weighted by molar-refractivity contribution is -0.127. The molecule has 0 unspecified atom stereocenters. The molecule has 152 valence electrons. The van der Waals surface area contributed by atoms with E-state index in [9.17, 15) is 17.6 Å². The summed E-state index contributed by atoms with van der Waals surface area (Å²) in [5.41, 5.74) is 0.795. The van der Waals surface area contributed by atoms with Gasteiger partial charge in [-0.05, 0) is 35.9 Å². The highest BCUT2D eigenvalue weighted by Crippen LogP contribution is 2.32. The molecule has 0 atom stereocenters. The van der Waals surface area contributed by atoms with E-state index in [1.165, 1.54) is 28.6 Å². The van der Waals surface area contributed by atoms with Crippen molar-refractivity contribution < 1.29 is 27.1 Å². The summed E-state index contributed by atoms with van der Waals surface area (Å²) in [5.74, 6) is 0.301. The first-order chi connectivity index (χ1) is 13.9. The van der Waals surface area contributed by atoms with Gasteiger partial charge >= 0.3 is 0 Å². The fraction of sp³-hybridized carbons (Fsp3) is 0.250. The lowest BCUT2D eigenvalue weighted by atomic mass is 10.2. The van der Waals surface area contributed by atoms with Gasteiger partial charge in [-0.15, -0.1) is 0 Å². The Bertz CT molecular complexity index is 1060. The van der Waals surface area contributed by atoms with E-state index in [-0.39, 0.29) is 43.8 Å². The number of halogens is 1. The summed E-state index contributed by atoms with van der Waals surface area (Å²) in [4.78, 5) is 13.7. The Morgan fingerprint density at radius 3 is 2.48 bits per heavy atom. The zero-order chi connectivity index (χ0) is 20.4. The third-order valence-corrected chi connectivity index (χ3v) is 6.75. The lowest BCUT2D eigenvalue weighted by Gasteiger charge is -2.33. The van der Waals surface area contributed by atoms with E-state index in [0.717, 1.165) is 11.6 Å². The van der Waals surface area contributed by atoms with Gasteiger partial charge in [-0.25, -0.2) is 12.8 Å². The average Bonchev–Trinajstić information content (AvgIpc) is 3.20. The number of piperazine rings is 1. The van der Waals surface area contributed by atoms with Crippen LogP contribution in [0.4, 0.5) is 4.39 Å².